The van der Waals surface area contributed by atoms with Crippen molar-refractivity contribution < 1.29 is 28.5 Å². The summed E-state index contributed by atoms with van der Waals surface area (Å²) < 4.78 is 27.4. The molecule has 33 heavy (non-hydrogen) atoms. The zero-order valence-corrected chi connectivity index (χ0v) is 20.1. The fraction of sp³-hybridized carbons (Fsp3) is 0.500. The average Bonchev–Trinajstić information content (AvgIpc) is 2.86. The van der Waals surface area contributed by atoms with E-state index in [1.807, 2.05) is 31.2 Å². The van der Waals surface area contributed by atoms with Gasteiger partial charge in [0.1, 0.15) is 5.75 Å². The number of methoxy groups -OCH3 is 3. The minimum absolute atomic E-state index is 0.0144. The van der Waals surface area contributed by atoms with Crippen LogP contribution in [0.2, 0.25) is 0 Å². The maximum Gasteiger partial charge on any atom is 0.220 e. The van der Waals surface area contributed by atoms with Gasteiger partial charge >= 0.3 is 0 Å². The van der Waals surface area contributed by atoms with Crippen molar-refractivity contribution in [3.63, 3.8) is 0 Å². The normalized spacial score (nSPS) is 14.9. The second-order valence-electron chi connectivity index (χ2n) is 8.16. The largest absolute Gasteiger partial charge is 0.494 e. The van der Waals surface area contributed by atoms with E-state index in [9.17, 15) is 4.79 Å². The Morgan fingerprint density at radius 3 is 2.18 bits per heavy atom. The molecule has 7 heteroatoms. The lowest BCUT2D eigenvalue weighted by Crippen LogP contribution is -2.44. The van der Waals surface area contributed by atoms with Gasteiger partial charge in [-0.05, 0) is 61.6 Å². The first kappa shape index (κ1) is 24.7. The van der Waals surface area contributed by atoms with Crippen LogP contribution in [0.4, 0.5) is 0 Å². The predicted octanol–water partition coefficient (Wildman–Crippen LogP) is 3.91. The molecule has 0 atom stereocenters. The quantitative estimate of drug-likeness (QED) is 0.552. The zero-order valence-electron chi connectivity index (χ0n) is 20.1. The van der Waals surface area contributed by atoms with Gasteiger partial charge in [-0.3, -0.25) is 4.79 Å². The molecule has 2 aromatic rings. The Bertz CT molecular complexity index is 880. The summed E-state index contributed by atoms with van der Waals surface area (Å²) in [7, 11) is 4.74. The number of ether oxygens (including phenoxy) is 5. The lowest BCUT2D eigenvalue weighted by Gasteiger charge is -2.38. The Hall–Kier alpha value is -2.93. The molecule has 1 heterocycles. The predicted molar refractivity (Wildman–Crippen MR) is 127 cm³/mol. The summed E-state index contributed by atoms with van der Waals surface area (Å²) in [6.45, 7) is 4.57. The molecule has 1 fully saturated rings. The average molecular weight is 458 g/mol. The SMILES string of the molecule is CCOc1ccc(C2(CNC(=O)CCc3cc(OC)c(OC)c(OC)c3)CCOCC2)cc1. The van der Waals surface area contributed by atoms with Gasteiger partial charge in [-0.1, -0.05) is 12.1 Å². The van der Waals surface area contributed by atoms with Crippen LogP contribution in [0.25, 0.3) is 0 Å². The first-order chi connectivity index (χ1) is 16.0. The molecular weight excluding hydrogens is 422 g/mol. The van der Waals surface area contributed by atoms with E-state index in [0.717, 1.165) is 24.2 Å². The molecule has 1 saturated heterocycles. The molecule has 1 N–H and O–H groups in total. The van der Waals surface area contributed by atoms with Gasteiger partial charge in [0, 0.05) is 31.6 Å². The van der Waals surface area contributed by atoms with Crippen molar-refractivity contribution in [2.75, 3.05) is 47.7 Å². The maximum atomic E-state index is 12.8. The number of hydrogen-bond donors (Lipinski definition) is 1. The van der Waals surface area contributed by atoms with E-state index in [2.05, 4.69) is 17.4 Å². The van der Waals surface area contributed by atoms with Crippen LogP contribution in [0.15, 0.2) is 36.4 Å². The van der Waals surface area contributed by atoms with Gasteiger partial charge in [0.05, 0.1) is 27.9 Å². The molecular formula is C26H35NO6. The van der Waals surface area contributed by atoms with Gasteiger partial charge in [-0.25, -0.2) is 0 Å². The first-order valence-corrected chi connectivity index (χ1v) is 11.4. The van der Waals surface area contributed by atoms with Gasteiger partial charge in [0.15, 0.2) is 11.5 Å². The fourth-order valence-corrected chi connectivity index (χ4v) is 4.29. The fourth-order valence-electron chi connectivity index (χ4n) is 4.29. The third-order valence-electron chi connectivity index (χ3n) is 6.22. The number of rotatable bonds is 11. The molecule has 0 aliphatic carbocycles. The summed E-state index contributed by atoms with van der Waals surface area (Å²) in [5.41, 5.74) is 2.02. The highest BCUT2D eigenvalue weighted by molar-refractivity contribution is 5.76. The van der Waals surface area contributed by atoms with Gasteiger partial charge in [-0.15, -0.1) is 0 Å². The monoisotopic (exact) mass is 457 g/mol. The van der Waals surface area contributed by atoms with Crippen LogP contribution in [0.5, 0.6) is 23.0 Å². The highest BCUT2D eigenvalue weighted by Crippen LogP contribution is 2.38. The van der Waals surface area contributed by atoms with Crippen molar-refractivity contribution in [1.82, 2.24) is 5.32 Å². The third kappa shape index (κ3) is 6.11. The number of carbonyl (C=O) groups excluding carboxylic acids is 1. The van der Waals surface area contributed by atoms with Crippen LogP contribution < -0.4 is 24.3 Å². The van der Waals surface area contributed by atoms with Crippen LogP contribution in [-0.4, -0.2) is 53.6 Å². The van der Waals surface area contributed by atoms with Crippen LogP contribution in [0.3, 0.4) is 0 Å². The molecule has 3 rings (SSSR count). The van der Waals surface area contributed by atoms with Crippen molar-refractivity contribution in [3.05, 3.63) is 47.5 Å². The molecule has 2 aromatic carbocycles. The highest BCUT2D eigenvalue weighted by atomic mass is 16.5. The Morgan fingerprint density at radius 2 is 1.64 bits per heavy atom. The lowest BCUT2D eigenvalue weighted by molar-refractivity contribution is -0.121. The molecule has 0 unspecified atom stereocenters. The van der Waals surface area contributed by atoms with Crippen molar-refractivity contribution in [2.24, 2.45) is 0 Å². The van der Waals surface area contributed by atoms with E-state index in [1.165, 1.54) is 5.56 Å². The smallest absolute Gasteiger partial charge is 0.220 e. The second kappa shape index (κ2) is 11.8. The molecule has 0 aromatic heterocycles. The molecule has 0 spiro atoms. The van der Waals surface area contributed by atoms with Crippen molar-refractivity contribution in [2.45, 2.75) is 38.0 Å². The second-order valence-corrected chi connectivity index (χ2v) is 8.16. The maximum absolute atomic E-state index is 12.8. The lowest BCUT2D eigenvalue weighted by atomic mass is 9.74. The van der Waals surface area contributed by atoms with Crippen molar-refractivity contribution >= 4 is 5.91 Å². The van der Waals surface area contributed by atoms with E-state index in [4.69, 9.17) is 23.7 Å². The molecule has 0 radical (unpaired) electrons. The van der Waals surface area contributed by atoms with Crippen LogP contribution in [-0.2, 0) is 21.4 Å². The molecule has 0 bridgehead atoms. The standard InChI is InChI=1S/C26H35NO6/c1-5-33-21-9-7-20(8-10-21)26(12-14-32-15-13-26)18-27-24(28)11-6-19-16-22(29-2)25(31-4)23(17-19)30-3/h7-10,16-17H,5-6,11-15,18H2,1-4H3,(H,27,28). The number of aryl methyl sites for hydroxylation is 1. The number of amides is 1. The van der Waals surface area contributed by atoms with E-state index in [1.54, 1.807) is 21.3 Å². The zero-order chi connectivity index (χ0) is 23.7. The number of carbonyl (C=O) groups is 1. The Labute approximate surface area is 196 Å². The van der Waals surface area contributed by atoms with Gasteiger partial charge in [-0.2, -0.15) is 0 Å². The molecule has 1 aliphatic rings. The summed E-state index contributed by atoms with van der Waals surface area (Å²) in [5, 5.41) is 3.17. The van der Waals surface area contributed by atoms with Crippen LogP contribution >= 0.6 is 0 Å². The molecule has 180 valence electrons. The Morgan fingerprint density at radius 1 is 1.00 bits per heavy atom. The topological polar surface area (TPSA) is 75.3 Å². The molecule has 7 nitrogen and oxygen atoms in total. The van der Waals surface area contributed by atoms with E-state index in [0.29, 0.717) is 56.5 Å². The third-order valence-corrected chi connectivity index (χ3v) is 6.22. The molecule has 0 saturated carbocycles. The van der Waals surface area contributed by atoms with E-state index in [-0.39, 0.29) is 11.3 Å². The summed E-state index contributed by atoms with van der Waals surface area (Å²) in [6.07, 6.45) is 2.68. The molecule has 1 aliphatic heterocycles. The van der Waals surface area contributed by atoms with Crippen molar-refractivity contribution in [3.8, 4) is 23.0 Å². The summed E-state index contributed by atoms with van der Waals surface area (Å²) in [6, 6.07) is 12.0. The number of benzene rings is 2. The van der Waals surface area contributed by atoms with Crippen LogP contribution in [0, 0.1) is 0 Å². The van der Waals surface area contributed by atoms with E-state index < -0.39 is 0 Å². The minimum atomic E-state index is -0.134. The van der Waals surface area contributed by atoms with Gasteiger partial charge < -0.3 is 29.0 Å². The summed E-state index contributed by atoms with van der Waals surface area (Å²) in [5.74, 6) is 2.59. The number of nitrogens with one attached hydrogen (secondary N) is 1. The Balaban J connectivity index is 1.64. The van der Waals surface area contributed by atoms with Gasteiger partial charge in [0.2, 0.25) is 11.7 Å². The summed E-state index contributed by atoms with van der Waals surface area (Å²) >= 11 is 0. The minimum Gasteiger partial charge on any atom is -0.494 e. The van der Waals surface area contributed by atoms with Crippen molar-refractivity contribution in [1.29, 1.82) is 0 Å². The van der Waals surface area contributed by atoms with Gasteiger partial charge in [0.25, 0.3) is 0 Å². The summed E-state index contributed by atoms with van der Waals surface area (Å²) in [4.78, 5) is 12.8. The van der Waals surface area contributed by atoms with Crippen LogP contribution in [0.1, 0.15) is 37.3 Å². The van der Waals surface area contributed by atoms with E-state index >= 15 is 0 Å². The highest BCUT2D eigenvalue weighted by Gasteiger charge is 2.34. The molecule has 1 amide bonds. The number of hydrogen-bond acceptors (Lipinski definition) is 6. The first-order valence-electron chi connectivity index (χ1n) is 11.4. The Kier molecular flexibility index (Phi) is 8.83.